The fraction of sp³-hybridized carbons (Fsp3) is 0.0833. The maximum atomic E-state index is 12.9. The van der Waals surface area contributed by atoms with E-state index in [1.165, 1.54) is 4.90 Å². The lowest BCUT2D eigenvalue weighted by Crippen LogP contribution is -2.29. The van der Waals surface area contributed by atoms with E-state index in [0.29, 0.717) is 11.3 Å². The number of carbonyl (C=O) groups is 2. The van der Waals surface area contributed by atoms with E-state index in [4.69, 9.17) is 0 Å². The van der Waals surface area contributed by atoms with E-state index >= 15 is 0 Å². The molecule has 3 aromatic carbocycles. The van der Waals surface area contributed by atoms with Gasteiger partial charge in [-0.1, -0.05) is 78.4 Å². The number of ketones is 1. The first-order valence-electron chi connectivity index (χ1n) is 9.06. The molecule has 3 aromatic rings. The van der Waals surface area contributed by atoms with Gasteiger partial charge < -0.3 is 5.11 Å². The quantitative estimate of drug-likeness (QED) is 0.416. The van der Waals surface area contributed by atoms with Crippen LogP contribution in [-0.2, 0) is 9.59 Å². The van der Waals surface area contributed by atoms with Crippen LogP contribution in [0.15, 0.2) is 90.5 Å². The van der Waals surface area contributed by atoms with Crippen LogP contribution >= 0.6 is 0 Å². The van der Waals surface area contributed by atoms with Gasteiger partial charge in [0.05, 0.1) is 11.6 Å². The summed E-state index contributed by atoms with van der Waals surface area (Å²) in [6.45, 7) is 1.97. The molecule has 1 aliphatic rings. The van der Waals surface area contributed by atoms with Gasteiger partial charge in [0, 0.05) is 11.3 Å². The van der Waals surface area contributed by atoms with E-state index in [1.807, 2.05) is 55.5 Å². The lowest BCUT2D eigenvalue weighted by atomic mass is 9.94. The van der Waals surface area contributed by atoms with Crippen molar-refractivity contribution in [1.82, 2.24) is 0 Å². The molecule has 28 heavy (non-hydrogen) atoms. The molecule has 0 bridgehead atoms. The van der Waals surface area contributed by atoms with E-state index in [-0.39, 0.29) is 11.3 Å². The fourth-order valence-corrected chi connectivity index (χ4v) is 3.50. The minimum atomic E-state index is -0.691. The average Bonchev–Trinajstić information content (AvgIpc) is 3.00. The summed E-state index contributed by atoms with van der Waals surface area (Å²) in [6.07, 6.45) is 0. The Hall–Kier alpha value is -3.66. The van der Waals surface area contributed by atoms with Gasteiger partial charge in [-0.3, -0.25) is 14.5 Å². The molecule has 1 fully saturated rings. The number of hydrogen-bond acceptors (Lipinski definition) is 3. The van der Waals surface area contributed by atoms with E-state index < -0.39 is 17.7 Å². The molecule has 0 saturated carbocycles. The van der Waals surface area contributed by atoms with Crippen molar-refractivity contribution in [3.05, 3.63) is 107 Å². The number of aryl methyl sites for hydroxylation is 1. The molecule has 0 aromatic heterocycles. The van der Waals surface area contributed by atoms with Crippen LogP contribution in [0.3, 0.4) is 0 Å². The molecule has 4 heteroatoms. The SMILES string of the molecule is Cc1ccc([C@@H]2/C(=C(\O)c3ccccc3)C(=O)C(=O)N2c2ccccc2)cc1. The number of Topliss-reactive ketones (excluding diaryl/α,β-unsaturated/α-hetero) is 1. The summed E-state index contributed by atoms with van der Waals surface area (Å²) >= 11 is 0. The topological polar surface area (TPSA) is 57.6 Å². The van der Waals surface area contributed by atoms with Gasteiger partial charge in [0.15, 0.2) is 0 Å². The first kappa shape index (κ1) is 17.7. The Bertz CT molecular complexity index is 1050. The molecule has 138 valence electrons. The van der Waals surface area contributed by atoms with Crippen molar-refractivity contribution < 1.29 is 14.7 Å². The van der Waals surface area contributed by atoms with Crippen molar-refractivity contribution in [3.8, 4) is 0 Å². The van der Waals surface area contributed by atoms with E-state index in [1.54, 1.807) is 36.4 Å². The molecule has 4 nitrogen and oxygen atoms in total. The summed E-state index contributed by atoms with van der Waals surface area (Å²) in [5.41, 5.74) is 3.06. The standard InChI is InChI=1S/C24H19NO3/c1-16-12-14-17(15-13-16)21-20(22(26)18-8-4-2-5-9-18)23(27)24(28)25(21)19-10-6-3-7-11-19/h2-15,21,26H,1H3/b22-20+/t21-/m1/s1. The Morgan fingerprint density at radius 3 is 2.00 bits per heavy atom. The third-order valence-corrected chi connectivity index (χ3v) is 4.92. The van der Waals surface area contributed by atoms with Gasteiger partial charge >= 0.3 is 0 Å². The summed E-state index contributed by atoms with van der Waals surface area (Å²) in [6, 6.07) is 24.8. The average molecular weight is 369 g/mol. The van der Waals surface area contributed by atoms with Gasteiger partial charge in [0.25, 0.3) is 11.7 Å². The minimum absolute atomic E-state index is 0.101. The van der Waals surface area contributed by atoms with Gasteiger partial charge in [0.2, 0.25) is 0 Å². The zero-order valence-corrected chi connectivity index (χ0v) is 15.4. The second-order valence-electron chi connectivity index (χ2n) is 6.78. The van der Waals surface area contributed by atoms with E-state index in [0.717, 1.165) is 11.1 Å². The second kappa shape index (κ2) is 7.16. The molecular weight excluding hydrogens is 350 g/mol. The van der Waals surface area contributed by atoms with Crippen LogP contribution in [0.1, 0.15) is 22.7 Å². The lowest BCUT2D eigenvalue weighted by Gasteiger charge is -2.25. The first-order chi connectivity index (χ1) is 13.6. The smallest absolute Gasteiger partial charge is 0.300 e. The van der Waals surface area contributed by atoms with Crippen molar-refractivity contribution in [1.29, 1.82) is 0 Å². The number of para-hydroxylation sites is 1. The Morgan fingerprint density at radius 1 is 0.821 bits per heavy atom. The predicted octanol–water partition coefficient (Wildman–Crippen LogP) is 4.62. The summed E-state index contributed by atoms with van der Waals surface area (Å²) in [5.74, 6) is -1.49. The molecule has 4 rings (SSSR count). The number of anilines is 1. The van der Waals surface area contributed by atoms with E-state index in [2.05, 4.69) is 0 Å². The molecule has 1 N–H and O–H groups in total. The molecule has 0 aliphatic carbocycles. The number of carbonyl (C=O) groups excluding carboxylic acids is 2. The number of nitrogens with zero attached hydrogens (tertiary/aromatic N) is 1. The Balaban J connectivity index is 1.95. The molecule has 1 amide bonds. The largest absolute Gasteiger partial charge is 0.507 e. The third-order valence-electron chi connectivity index (χ3n) is 4.92. The number of amides is 1. The van der Waals surface area contributed by atoms with Crippen molar-refractivity contribution >= 4 is 23.1 Å². The van der Waals surface area contributed by atoms with Crippen LogP contribution < -0.4 is 4.90 Å². The Morgan fingerprint density at radius 2 is 1.39 bits per heavy atom. The van der Waals surface area contributed by atoms with Crippen molar-refractivity contribution in [2.24, 2.45) is 0 Å². The third kappa shape index (κ3) is 2.99. The van der Waals surface area contributed by atoms with Crippen LogP contribution in [0, 0.1) is 6.92 Å². The first-order valence-corrected chi connectivity index (χ1v) is 9.06. The fourth-order valence-electron chi connectivity index (χ4n) is 3.50. The van der Waals surface area contributed by atoms with Gasteiger partial charge in [-0.2, -0.15) is 0 Å². The number of hydrogen-bond donors (Lipinski definition) is 1. The van der Waals surface area contributed by atoms with Gasteiger partial charge in [-0.25, -0.2) is 0 Å². The zero-order chi connectivity index (χ0) is 19.7. The van der Waals surface area contributed by atoms with Crippen LogP contribution in [0.25, 0.3) is 5.76 Å². The highest BCUT2D eigenvalue weighted by atomic mass is 16.3. The summed E-state index contributed by atoms with van der Waals surface area (Å²) in [4.78, 5) is 27.3. The Labute approximate surface area is 163 Å². The van der Waals surface area contributed by atoms with Gasteiger partial charge in [0.1, 0.15) is 5.76 Å². The van der Waals surface area contributed by atoms with Gasteiger partial charge in [-0.15, -0.1) is 0 Å². The van der Waals surface area contributed by atoms with E-state index in [9.17, 15) is 14.7 Å². The summed E-state index contributed by atoms with van der Waals surface area (Å²) in [5, 5.41) is 10.9. The normalized spacial score (nSPS) is 18.5. The van der Waals surface area contributed by atoms with Crippen LogP contribution in [0.4, 0.5) is 5.69 Å². The Kier molecular flexibility index (Phi) is 4.53. The van der Waals surface area contributed by atoms with Crippen molar-refractivity contribution in [2.45, 2.75) is 13.0 Å². The number of benzene rings is 3. The molecular formula is C24H19NO3. The molecule has 0 radical (unpaired) electrons. The highest BCUT2D eigenvalue weighted by molar-refractivity contribution is 6.51. The maximum Gasteiger partial charge on any atom is 0.300 e. The van der Waals surface area contributed by atoms with Gasteiger partial charge in [-0.05, 0) is 24.6 Å². The van der Waals surface area contributed by atoms with Crippen molar-refractivity contribution in [3.63, 3.8) is 0 Å². The second-order valence-corrected chi connectivity index (χ2v) is 6.78. The predicted molar refractivity (Wildman–Crippen MR) is 109 cm³/mol. The zero-order valence-electron chi connectivity index (χ0n) is 15.4. The highest BCUT2D eigenvalue weighted by Gasteiger charge is 2.46. The summed E-state index contributed by atoms with van der Waals surface area (Å²) in [7, 11) is 0. The maximum absolute atomic E-state index is 12.9. The molecule has 1 saturated heterocycles. The van der Waals surface area contributed by atoms with Crippen LogP contribution in [-0.4, -0.2) is 16.8 Å². The monoisotopic (exact) mass is 369 g/mol. The highest BCUT2D eigenvalue weighted by Crippen LogP contribution is 2.42. The molecule has 0 unspecified atom stereocenters. The lowest BCUT2D eigenvalue weighted by molar-refractivity contribution is -0.132. The van der Waals surface area contributed by atoms with Crippen LogP contribution in [0.5, 0.6) is 0 Å². The van der Waals surface area contributed by atoms with Crippen molar-refractivity contribution in [2.75, 3.05) is 4.90 Å². The van der Waals surface area contributed by atoms with Crippen LogP contribution in [0.2, 0.25) is 0 Å². The minimum Gasteiger partial charge on any atom is -0.507 e. The molecule has 1 aliphatic heterocycles. The molecule has 1 atom stereocenters. The summed E-state index contributed by atoms with van der Waals surface area (Å²) < 4.78 is 0. The number of aliphatic hydroxyl groups excluding tert-OH is 1. The molecule has 0 spiro atoms. The number of aliphatic hydroxyl groups is 1. The molecule has 1 heterocycles. The number of rotatable bonds is 3.